The van der Waals surface area contributed by atoms with E-state index in [4.69, 9.17) is 0 Å². The van der Waals surface area contributed by atoms with E-state index in [-0.39, 0.29) is 5.91 Å². The van der Waals surface area contributed by atoms with Crippen molar-refractivity contribution in [3.05, 3.63) is 49.7 Å². The Morgan fingerprint density at radius 2 is 2.24 bits per heavy atom. The van der Waals surface area contributed by atoms with Crippen molar-refractivity contribution in [3.63, 3.8) is 0 Å². The van der Waals surface area contributed by atoms with E-state index in [0.717, 1.165) is 22.2 Å². The number of rotatable bonds is 3. The number of halogens is 1. The zero-order chi connectivity index (χ0) is 14.8. The molecule has 0 aliphatic carbocycles. The molecule has 0 saturated heterocycles. The van der Waals surface area contributed by atoms with Crippen LogP contribution in [0.15, 0.2) is 35.7 Å². The van der Waals surface area contributed by atoms with Crippen LogP contribution in [0.4, 0.5) is 5.69 Å². The molecular weight excluding hydrogens is 395 g/mol. The van der Waals surface area contributed by atoms with Crippen molar-refractivity contribution in [2.45, 2.75) is 19.4 Å². The molecule has 110 valence electrons. The van der Waals surface area contributed by atoms with Gasteiger partial charge in [0.05, 0.1) is 12.2 Å². The highest BCUT2D eigenvalue weighted by molar-refractivity contribution is 14.1. The summed E-state index contributed by atoms with van der Waals surface area (Å²) in [4.78, 5) is 16.0. The van der Waals surface area contributed by atoms with Crippen LogP contribution in [0.5, 0.6) is 0 Å². The summed E-state index contributed by atoms with van der Waals surface area (Å²) in [5.41, 5.74) is 2.28. The second kappa shape index (κ2) is 6.46. The van der Waals surface area contributed by atoms with Gasteiger partial charge in [-0.2, -0.15) is 0 Å². The molecule has 0 saturated carbocycles. The Bertz CT molecular complexity index is 655. The van der Waals surface area contributed by atoms with Gasteiger partial charge in [-0.05, 0) is 65.1 Å². The van der Waals surface area contributed by atoms with Crippen LogP contribution in [0.25, 0.3) is 0 Å². The first kappa shape index (κ1) is 15.0. The van der Waals surface area contributed by atoms with Crippen molar-refractivity contribution in [1.29, 1.82) is 0 Å². The average Bonchev–Trinajstić information content (AvgIpc) is 2.94. The zero-order valence-electron chi connectivity index (χ0n) is 11.8. The summed E-state index contributed by atoms with van der Waals surface area (Å²) < 4.78 is 1.07. The SMILES string of the molecule is CC1c2ccsc2CCN1CC(=O)Nc1ccccc1I. The van der Waals surface area contributed by atoms with Crippen LogP contribution in [-0.2, 0) is 11.2 Å². The Hall–Kier alpha value is -0.920. The third-order valence-corrected chi connectivity index (χ3v) is 5.84. The van der Waals surface area contributed by atoms with Crippen molar-refractivity contribution >= 4 is 45.5 Å². The third-order valence-electron chi connectivity index (χ3n) is 3.90. The van der Waals surface area contributed by atoms with Gasteiger partial charge in [0.15, 0.2) is 0 Å². The van der Waals surface area contributed by atoms with E-state index in [1.165, 1.54) is 10.4 Å². The fourth-order valence-corrected chi connectivity index (χ4v) is 4.20. The summed E-state index contributed by atoms with van der Waals surface area (Å²) in [6.45, 7) is 3.58. The van der Waals surface area contributed by atoms with E-state index in [0.29, 0.717) is 12.6 Å². The highest BCUT2D eigenvalue weighted by atomic mass is 127. The molecule has 1 unspecified atom stereocenters. The maximum Gasteiger partial charge on any atom is 0.238 e. The maximum atomic E-state index is 12.3. The monoisotopic (exact) mass is 412 g/mol. The molecule has 3 rings (SSSR count). The first-order chi connectivity index (χ1) is 10.1. The van der Waals surface area contributed by atoms with Gasteiger partial charge in [-0.15, -0.1) is 11.3 Å². The number of nitrogens with one attached hydrogen (secondary N) is 1. The van der Waals surface area contributed by atoms with Gasteiger partial charge in [-0.25, -0.2) is 0 Å². The van der Waals surface area contributed by atoms with Crippen LogP contribution in [0.2, 0.25) is 0 Å². The predicted octanol–water partition coefficient (Wildman–Crippen LogP) is 3.91. The topological polar surface area (TPSA) is 32.3 Å². The van der Waals surface area contributed by atoms with E-state index in [1.807, 2.05) is 35.6 Å². The lowest BCUT2D eigenvalue weighted by Crippen LogP contribution is -2.39. The van der Waals surface area contributed by atoms with Crippen molar-refractivity contribution in [3.8, 4) is 0 Å². The number of anilines is 1. The second-order valence-electron chi connectivity index (χ2n) is 5.22. The van der Waals surface area contributed by atoms with E-state index < -0.39 is 0 Å². The Kier molecular flexibility index (Phi) is 4.61. The Morgan fingerprint density at radius 1 is 1.43 bits per heavy atom. The lowest BCUT2D eigenvalue weighted by atomic mass is 10.0. The molecule has 1 aromatic carbocycles. The third kappa shape index (κ3) is 3.30. The van der Waals surface area contributed by atoms with Gasteiger partial charge in [0.25, 0.3) is 0 Å². The fourth-order valence-electron chi connectivity index (χ4n) is 2.71. The Morgan fingerprint density at radius 3 is 3.05 bits per heavy atom. The van der Waals surface area contributed by atoms with Crippen LogP contribution in [0.3, 0.4) is 0 Å². The molecule has 1 aromatic heterocycles. The molecule has 0 fully saturated rings. The van der Waals surface area contributed by atoms with Crippen LogP contribution < -0.4 is 5.32 Å². The molecule has 5 heteroatoms. The van der Waals surface area contributed by atoms with Crippen molar-refractivity contribution < 1.29 is 4.79 Å². The second-order valence-corrected chi connectivity index (χ2v) is 7.39. The lowest BCUT2D eigenvalue weighted by Gasteiger charge is -2.32. The standard InChI is InChI=1S/C16H17IN2OS/c1-11-12-7-9-21-15(12)6-8-19(11)10-16(20)18-14-5-3-2-4-13(14)17/h2-5,7,9,11H,6,8,10H2,1H3,(H,18,20). The molecule has 0 bridgehead atoms. The molecule has 0 spiro atoms. The van der Waals surface area contributed by atoms with Gasteiger partial charge in [0, 0.05) is 21.0 Å². The minimum absolute atomic E-state index is 0.0599. The number of nitrogens with zero attached hydrogens (tertiary/aromatic N) is 1. The summed E-state index contributed by atoms with van der Waals surface area (Å²) in [5, 5.41) is 5.16. The summed E-state index contributed by atoms with van der Waals surface area (Å²) in [6.07, 6.45) is 1.05. The zero-order valence-corrected chi connectivity index (χ0v) is 14.8. The number of para-hydroxylation sites is 1. The van der Waals surface area contributed by atoms with Crippen molar-refractivity contribution in [2.24, 2.45) is 0 Å². The van der Waals surface area contributed by atoms with Gasteiger partial charge in [0.2, 0.25) is 5.91 Å². The quantitative estimate of drug-likeness (QED) is 0.776. The Labute approximate surface area is 142 Å². The number of benzene rings is 1. The number of amides is 1. The highest BCUT2D eigenvalue weighted by Crippen LogP contribution is 2.32. The number of hydrogen-bond donors (Lipinski definition) is 1. The van der Waals surface area contributed by atoms with Crippen LogP contribution in [0.1, 0.15) is 23.4 Å². The highest BCUT2D eigenvalue weighted by Gasteiger charge is 2.26. The summed E-state index contributed by atoms with van der Waals surface area (Å²) >= 11 is 4.07. The number of carbonyl (C=O) groups excluding carboxylic acids is 1. The largest absolute Gasteiger partial charge is 0.324 e. The average molecular weight is 412 g/mol. The predicted molar refractivity (Wildman–Crippen MR) is 95.8 cm³/mol. The molecule has 0 radical (unpaired) electrons. The first-order valence-electron chi connectivity index (χ1n) is 7.00. The van der Waals surface area contributed by atoms with E-state index in [9.17, 15) is 4.79 Å². The smallest absolute Gasteiger partial charge is 0.238 e. The molecule has 21 heavy (non-hydrogen) atoms. The molecule has 1 aliphatic rings. The molecule has 1 atom stereocenters. The Balaban J connectivity index is 1.65. The van der Waals surface area contributed by atoms with Crippen molar-refractivity contribution in [2.75, 3.05) is 18.4 Å². The summed E-state index contributed by atoms with van der Waals surface area (Å²) in [5.74, 6) is 0.0599. The molecule has 2 aromatic rings. The van der Waals surface area contributed by atoms with E-state index in [1.54, 1.807) is 0 Å². The lowest BCUT2D eigenvalue weighted by molar-refractivity contribution is -0.117. The van der Waals surface area contributed by atoms with Gasteiger partial charge in [0.1, 0.15) is 0 Å². The minimum atomic E-state index is 0.0599. The minimum Gasteiger partial charge on any atom is -0.324 e. The van der Waals surface area contributed by atoms with E-state index in [2.05, 4.69) is 51.2 Å². The number of thiophene rings is 1. The van der Waals surface area contributed by atoms with Gasteiger partial charge < -0.3 is 5.32 Å². The van der Waals surface area contributed by atoms with Crippen LogP contribution in [-0.4, -0.2) is 23.9 Å². The van der Waals surface area contributed by atoms with Crippen LogP contribution in [0, 0.1) is 3.57 Å². The number of carbonyl (C=O) groups is 1. The molecule has 3 nitrogen and oxygen atoms in total. The molecule has 1 aliphatic heterocycles. The molecular formula is C16H17IN2OS. The van der Waals surface area contributed by atoms with Crippen LogP contribution >= 0.6 is 33.9 Å². The molecule has 1 amide bonds. The van der Waals surface area contributed by atoms with Gasteiger partial charge >= 0.3 is 0 Å². The summed E-state index contributed by atoms with van der Waals surface area (Å²) in [7, 11) is 0. The maximum absolute atomic E-state index is 12.3. The van der Waals surface area contributed by atoms with Crippen molar-refractivity contribution in [1.82, 2.24) is 4.90 Å². The molecule has 2 heterocycles. The molecule has 1 N–H and O–H groups in total. The first-order valence-corrected chi connectivity index (χ1v) is 8.95. The normalized spacial score (nSPS) is 18.3. The number of fused-ring (bicyclic) bond motifs is 1. The number of hydrogen-bond acceptors (Lipinski definition) is 3. The van der Waals surface area contributed by atoms with E-state index >= 15 is 0 Å². The fraction of sp³-hybridized carbons (Fsp3) is 0.312. The van der Waals surface area contributed by atoms with Gasteiger partial charge in [-0.1, -0.05) is 12.1 Å². The summed E-state index contributed by atoms with van der Waals surface area (Å²) in [6, 6.07) is 10.4. The van der Waals surface area contributed by atoms with Gasteiger partial charge in [-0.3, -0.25) is 9.69 Å².